The first-order valence-corrected chi connectivity index (χ1v) is 6.17. The van der Waals surface area contributed by atoms with Gasteiger partial charge in [-0.3, -0.25) is 4.79 Å². The fraction of sp³-hybridized carbons (Fsp3) is 0.0667. The molecule has 0 aromatic heterocycles. The van der Waals surface area contributed by atoms with Gasteiger partial charge >= 0.3 is 0 Å². The Hall–Kier alpha value is -3.02. The minimum Gasteiger partial charge on any atom is -0.497 e. The smallest absolute Gasteiger partial charge is 0.255 e. The zero-order valence-corrected chi connectivity index (χ0v) is 11.4. The molecule has 0 saturated heterocycles. The molecule has 108 valence electrons. The fourth-order valence-electron chi connectivity index (χ4n) is 1.73. The number of nitrogens with zero attached hydrogens (tertiary/aromatic N) is 1. The van der Waals surface area contributed by atoms with Gasteiger partial charge in [0.1, 0.15) is 5.75 Å². The quantitative estimate of drug-likeness (QED) is 0.346. The number of anilines is 1. The zero-order valence-electron chi connectivity index (χ0n) is 11.4. The van der Waals surface area contributed by atoms with Gasteiger partial charge in [-0.1, -0.05) is 17.3 Å². The Kier molecular flexibility index (Phi) is 4.40. The first kappa shape index (κ1) is 14.4. The highest BCUT2D eigenvalue weighted by Gasteiger charge is 2.07. The van der Waals surface area contributed by atoms with Crippen molar-refractivity contribution in [3.05, 3.63) is 59.7 Å². The van der Waals surface area contributed by atoms with E-state index in [-0.39, 0.29) is 11.7 Å². The van der Waals surface area contributed by atoms with Crippen molar-refractivity contribution in [3.63, 3.8) is 0 Å². The van der Waals surface area contributed by atoms with Gasteiger partial charge in [-0.2, -0.15) is 0 Å². The van der Waals surface area contributed by atoms with Crippen LogP contribution in [-0.4, -0.2) is 24.1 Å². The molecule has 0 saturated carbocycles. The summed E-state index contributed by atoms with van der Waals surface area (Å²) < 4.78 is 5.05. The van der Waals surface area contributed by atoms with Crippen molar-refractivity contribution in [1.82, 2.24) is 0 Å². The average molecular weight is 285 g/mol. The standard InChI is InChI=1S/C15H15N3O3/c1-21-13-8-6-12(7-9-13)17-15(19)11-4-2-10(3-5-11)14(16)18-20/h2-9,20H,1H3,(H2,16,18)(H,17,19). The molecule has 0 heterocycles. The maximum absolute atomic E-state index is 12.1. The minimum atomic E-state index is -0.244. The van der Waals surface area contributed by atoms with Crippen LogP contribution >= 0.6 is 0 Å². The summed E-state index contributed by atoms with van der Waals surface area (Å²) in [7, 11) is 1.58. The van der Waals surface area contributed by atoms with Crippen LogP contribution in [0, 0.1) is 0 Å². The largest absolute Gasteiger partial charge is 0.497 e. The number of nitrogens with two attached hydrogens (primary N) is 1. The number of benzene rings is 2. The highest BCUT2D eigenvalue weighted by Crippen LogP contribution is 2.16. The average Bonchev–Trinajstić information content (AvgIpc) is 2.55. The van der Waals surface area contributed by atoms with E-state index in [4.69, 9.17) is 15.7 Å². The predicted molar refractivity (Wildman–Crippen MR) is 79.9 cm³/mol. The lowest BCUT2D eigenvalue weighted by molar-refractivity contribution is 0.102. The van der Waals surface area contributed by atoms with Crippen LogP contribution in [0.2, 0.25) is 0 Å². The number of oxime groups is 1. The molecule has 2 rings (SSSR count). The van der Waals surface area contributed by atoms with E-state index in [1.807, 2.05) is 0 Å². The molecular formula is C15H15N3O3. The number of amides is 1. The molecule has 0 fully saturated rings. The number of amidine groups is 1. The second-order valence-electron chi connectivity index (χ2n) is 4.25. The van der Waals surface area contributed by atoms with Crippen molar-refractivity contribution >= 4 is 17.4 Å². The van der Waals surface area contributed by atoms with Gasteiger partial charge in [-0.25, -0.2) is 0 Å². The molecule has 21 heavy (non-hydrogen) atoms. The fourth-order valence-corrected chi connectivity index (χ4v) is 1.73. The summed E-state index contributed by atoms with van der Waals surface area (Å²) in [6, 6.07) is 13.5. The molecule has 0 aliphatic rings. The van der Waals surface area contributed by atoms with Gasteiger partial charge in [0.15, 0.2) is 5.84 Å². The summed E-state index contributed by atoms with van der Waals surface area (Å²) in [5.74, 6) is 0.472. The number of hydrogen-bond donors (Lipinski definition) is 3. The summed E-state index contributed by atoms with van der Waals surface area (Å²) in [6.07, 6.45) is 0. The van der Waals surface area contributed by atoms with Crippen LogP contribution in [0.1, 0.15) is 15.9 Å². The highest BCUT2D eigenvalue weighted by molar-refractivity contribution is 6.05. The van der Waals surface area contributed by atoms with Crippen LogP contribution < -0.4 is 15.8 Å². The van der Waals surface area contributed by atoms with Crippen LogP contribution in [0.4, 0.5) is 5.69 Å². The summed E-state index contributed by atoms with van der Waals surface area (Å²) in [5, 5.41) is 14.2. The molecule has 0 atom stereocenters. The molecule has 0 spiro atoms. The number of hydrogen-bond acceptors (Lipinski definition) is 4. The Morgan fingerprint density at radius 1 is 1.10 bits per heavy atom. The lowest BCUT2D eigenvalue weighted by atomic mass is 10.1. The summed E-state index contributed by atoms with van der Waals surface area (Å²) in [5.41, 5.74) is 7.14. The molecule has 6 heteroatoms. The molecule has 0 radical (unpaired) electrons. The molecule has 0 bridgehead atoms. The van der Waals surface area contributed by atoms with Gasteiger partial charge in [0, 0.05) is 16.8 Å². The van der Waals surface area contributed by atoms with Crippen molar-refractivity contribution < 1.29 is 14.7 Å². The van der Waals surface area contributed by atoms with Crippen LogP contribution in [0.3, 0.4) is 0 Å². The van der Waals surface area contributed by atoms with Crippen molar-refractivity contribution in [1.29, 1.82) is 0 Å². The van der Waals surface area contributed by atoms with Crippen LogP contribution in [0.5, 0.6) is 5.75 Å². The Bertz CT molecular complexity index is 649. The molecule has 0 unspecified atom stereocenters. The number of nitrogens with one attached hydrogen (secondary N) is 1. The monoisotopic (exact) mass is 285 g/mol. The first-order chi connectivity index (χ1) is 10.1. The van der Waals surface area contributed by atoms with Crippen molar-refractivity contribution in [2.24, 2.45) is 10.9 Å². The summed E-state index contributed by atoms with van der Waals surface area (Å²) >= 11 is 0. The highest BCUT2D eigenvalue weighted by atomic mass is 16.5. The number of carbonyl (C=O) groups is 1. The van der Waals surface area contributed by atoms with Gasteiger partial charge < -0.3 is 21.0 Å². The second kappa shape index (κ2) is 6.42. The lowest BCUT2D eigenvalue weighted by Gasteiger charge is -2.07. The molecular weight excluding hydrogens is 270 g/mol. The molecule has 6 nitrogen and oxygen atoms in total. The molecule has 0 aliphatic heterocycles. The zero-order chi connectivity index (χ0) is 15.2. The van der Waals surface area contributed by atoms with Crippen molar-refractivity contribution in [2.45, 2.75) is 0 Å². The number of methoxy groups -OCH3 is 1. The van der Waals surface area contributed by atoms with E-state index in [2.05, 4.69) is 10.5 Å². The molecule has 2 aromatic rings. The van der Waals surface area contributed by atoms with E-state index in [1.165, 1.54) is 0 Å². The SMILES string of the molecule is COc1ccc(NC(=O)c2ccc(/C(N)=N/O)cc2)cc1. The third kappa shape index (κ3) is 3.50. The van der Waals surface area contributed by atoms with E-state index in [1.54, 1.807) is 55.6 Å². The maximum atomic E-state index is 12.1. The third-order valence-corrected chi connectivity index (χ3v) is 2.90. The van der Waals surface area contributed by atoms with Gasteiger partial charge in [-0.15, -0.1) is 0 Å². The normalized spacial score (nSPS) is 11.0. The number of carbonyl (C=O) groups excluding carboxylic acids is 1. The number of rotatable bonds is 4. The Morgan fingerprint density at radius 2 is 1.67 bits per heavy atom. The van der Waals surface area contributed by atoms with Crippen LogP contribution in [0.25, 0.3) is 0 Å². The van der Waals surface area contributed by atoms with Gasteiger partial charge in [-0.05, 0) is 36.4 Å². The number of ether oxygens (including phenoxy) is 1. The molecule has 1 amide bonds. The molecule has 2 aromatic carbocycles. The summed E-state index contributed by atoms with van der Waals surface area (Å²) in [6.45, 7) is 0. The van der Waals surface area contributed by atoms with E-state index in [0.717, 1.165) is 5.75 Å². The van der Waals surface area contributed by atoms with Gasteiger partial charge in [0.25, 0.3) is 5.91 Å². The third-order valence-electron chi connectivity index (χ3n) is 2.90. The summed E-state index contributed by atoms with van der Waals surface area (Å²) in [4.78, 5) is 12.1. The van der Waals surface area contributed by atoms with E-state index in [9.17, 15) is 4.79 Å². The van der Waals surface area contributed by atoms with Gasteiger partial charge in [0.2, 0.25) is 0 Å². The Labute approximate surface area is 121 Å². The van der Waals surface area contributed by atoms with E-state index >= 15 is 0 Å². The minimum absolute atomic E-state index is 0.00267. The van der Waals surface area contributed by atoms with Crippen molar-refractivity contribution in [3.8, 4) is 5.75 Å². The van der Waals surface area contributed by atoms with E-state index < -0.39 is 0 Å². The van der Waals surface area contributed by atoms with Crippen molar-refractivity contribution in [2.75, 3.05) is 12.4 Å². The van der Waals surface area contributed by atoms with Gasteiger partial charge in [0.05, 0.1) is 7.11 Å². The molecule has 0 aliphatic carbocycles. The van der Waals surface area contributed by atoms with E-state index in [0.29, 0.717) is 16.8 Å². The first-order valence-electron chi connectivity index (χ1n) is 6.17. The Morgan fingerprint density at radius 3 is 2.19 bits per heavy atom. The maximum Gasteiger partial charge on any atom is 0.255 e. The van der Waals surface area contributed by atoms with Crippen LogP contribution in [0.15, 0.2) is 53.7 Å². The van der Waals surface area contributed by atoms with Crippen LogP contribution in [-0.2, 0) is 0 Å². The topological polar surface area (TPSA) is 96.9 Å². The Balaban J connectivity index is 2.09. The second-order valence-corrected chi connectivity index (χ2v) is 4.25. The molecule has 4 N–H and O–H groups in total. The predicted octanol–water partition coefficient (Wildman–Crippen LogP) is 2.04. The lowest BCUT2D eigenvalue weighted by Crippen LogP contribution is -2.15.